The van der Waals surface area contributed by atoms with Crippen molar-refractivity contribution in [1.29, 1.82) is 0 Å². The van der Waals surface area contributed by atoms with Crippen molar-refractivity contribution in [3.8, 4) is 5.75 Å². The molecule has 0 aromatic heterocycles. The number of nitrogens with one attached hydrogen (secondary N) is 1. The predicted molar refractivity (Wildman–Crippen MR) is 109 cm³/mol. The Morgan fingerprint density at radius 3 is 2.67 bits per heavy atom. The van der Waals surface area contributed by atoms with Crippen LogP contribution in [0.1, 0.15) is 12.0 Å². The van der Waals surface area contributed by atoms with Crippen LogP contribution in [-0.4, -0.2) is 41.3 Å². The van der Waals surface area contributed by atoms with Crippen molar-refractivity contribution >= 4 is 40.1 Å². The van der Waals surface area contributed by atoms with E-state index in [2.05, 4.69) is 10.3 Å². The van der Waals surface area contributed by atoms with Crippen LogP contribution in [-0.2, 0) is 15.8 Å². The van der Waals surface area contributed by atoms with Crippen molar-refractivity contribution < 1.29 is 27.5 Å². The van der Waals surface area contributed by atoms with Gasteiger partial charge in [-0.25, -0.2) is 4.99 Å². The number of anilines is 1. The molecule has 2 aromatic carbocycles. The zero-order valence-corrected chi connectivity index (χ0v) is 16.9. The molecule has 2 amide bonds. The summed E-state index contributed by atoms with van der Waals surface area (Å²) in [4.78, 5) is 30.3. The number of alkyl halides is 3. The zero-order chi connectivity index (χ0) is 21.9. The first-order valence-corrected chi connectivity index (χ1v) is 9.70. The van der Waals surface area contributed by atoms with E-state index in [-0.39, 0.29) is 29.1 Å². The van der Waals surface area contributed by atoms with Gasteiger partial charge < -0.3 is 10.1 Å². The van der Waals surface area contributed by atoms with Crippen LogP contribution < -0.4 is 10.1 Å². The lowest BCUT2D eigenvalue weighted by atomic mass is 10.2. The summed E-state index contributed by atoms with van der Waals surface area (Å²) in [7, 11) is 2.95. The molecule has 1 aliphatic heterocycles. The van der Waals surface area contributed by atoms with Crippen molar-refractivity contribution in [2.75, 3.05) is 19.5 Å². The number of methoxy groups -OCH3 is 1. The van der Waals surface area contributed by atoms with Crippen molar-refractivity contribution in [3.05, 3.63) is 54.1 Å². The molecule has 1 aliphatic rings. The van der Waals surface area contributed by atoms with E-state index in [9.17, 15) is 22.8 Å². The molecular formula is C20H18F3N3O3S. The lowest BCUT2D eigenvalue weighted by Gasteiger charge is -2.11. The van der Waals surface area contributed by atoms with Crippen LogP contribution in [0, 0.1) is 0 Å². The molecule has 1 fully saturated rings. The molecule has 0 saturated carbocycles. The highest BCUT2D eigenvalue weighted by molar-refractivity contribution is 8.15. The van der Waals surface area contributed by atoms with Gasteiger partial charge in [-0.1, -0.05) is 30.0 Å². The first-order valence-electron chi connectivity index (χ1n) is 8.82. The van der Waals surface area contributed by atoms with Crippen LogP contribution in [0.3, 0.4) is 0 Å². The lowest BCUT2D eigenvalue weighted by molar-refractivity contribution is -0.137. The third-order valence-corrected chi connectivity index (χ3v) is 5.52. The van der Waals surface area contributed by atoms with E-state index < -0.39 is 17.0 Å². The number of thioether (sulfide) groups is 1. The van der Waals surface area contributed by atoms with Crippen LogP contribution in [0.15, 0.2) is 53.5 Å². The summed E-state index contributed by atoms with van der Waals surface area (Å²) in [5.41, 5.74) is -0.271. The number of aliphatic imine (C=N–C) groups is 1. The maximum atomic E-state index is 12.9. The molecule has 1 N–H and O–H groups in total. The van der Waals surface area contributed by atoms with E-state index >= 15 is 0 Å². The number of hydrogen-bond acceptors (Lipinski definition) is 5. The Morgan fingerprint density at radius 1 is 1.23 bits per heavy atom. The molecular weight excluding hydrogens is 419 g/mol. The fraction of sp³-hybridized carbons (Fsp3) is 0.250. The number of carbonyl (C=O) groups excluding carboxylic acids is 2. The minimum absolute atomic E-state index is 0.0751. The molecule has 0 unspecified atom stereocenters. The summed E-state index contributed by atoms with van der Waals surface area (Å²) < 4.78 is 43.8. The number of hydrogen-bond donors (Lipinski definition) is 1. The Bertz CT molecular complexity index is 995. The van der Waals surface area contributed by atoms with E-state index in [4.69, 9.17) is 4.74 Å². The Kier molecular flexibility index (Phi) is 6.35. The van der Waals surface area contributed by atoms with Gasteiger partial charge in [-0.3, -0.25) is 14.5 Å². The Morgan fingerprint density at radius 2 is 1.97 bits per heavy atom. The van der Waals surface area contributed by atoms with E-state index in [0.29, 0.717) is 11.4 Å². The van der Waals surface area contributed by atoms with Crippen LogP contribution in [0.4, 0.5) is 24.5 Å². The zero-order valence-electron chi connectivity index (χ0n) is 16.1. The molecule has 0 aliphatic carbocycles. The van der Waals surface area contributed by atoms with Gasteiger partial charge in [0.25, 0.3) is 0 Å². The van der Waals surface area contributed by atoms with Gasteiger partial charge in [0.2, 0.25) is 11.8 Å². The smallest absolute Gasteiger partial charge is 0.416 e. The Labute approximate surface area is 175 Å². The Hall–Kier alpha value is -3.01. The number of benzene rings is 2. The number of nitrogens with zero attached hydrogens (tertiary/aromatic N) is 2. The van der Waals surface area contributed by atoms with Gasteiger partial charge in [-0.2, -0.15) is 13.2 Å². The molecule has 30 heavy (non-hydrogen) atoms. The van der Waals surface area contributed by atoms with E-state index in [1.165, 1.54) is 31.2 Å². The number of carbonyl (C=O) groups is 2. The van der Waals surface area contributed by atoms with Gasteiger partial charge in [-0.05, 0) is 30.3 Å². The highest BCUT2D eigenvalue weighted by atomic mass is 32.2. The fourth-order valence-electron chi connectivity index (χ4n) is 2.78. The predicted octanol–water partition coefficient (Wildman–Crippen LogP) is 4.30. The second-order valence-corrected chi connectivity index (χ2v) is 7.57. The molecule has 2 aromatic rings. The summed E-state index contributed by atoms with van der Waals surface area (Å²) in [6, 6.07) is 11.4. The van der Waals surface area contributed by atoms with Gasteiger partial charge in [0, 0.05) is 13.5 Å². The molecule has 1 atom stereocenters. The number of para-hydroxylation sites is 2. The highest BCUT2D eigenvalue weighted by Crippen LogP contribution is 2.34. The summed E-state index contributed by atoms with van der Waals surface area (Å²) in [5, 5.41) is 2.20. The number of halogens is 3. The second-order valence-electron chi connectivity index (χ2n) is 6.40. The quantitative estimate of drug-likeness (QED) is 0.757. The molecule has 6 nitrogen and oxygen atoms in total. The van der Waals surface area contributed by atoms with E-state index in [0.717, 1.165) is 23.9 Å². The average Bonchev–Trinajstić information content (AvgIpc) is 2.95. The number of amidine groups is 1. The molecule has 1 heterocycles. The minimum Gasteiger partial charge on any atom is -0.495 e. The first-order chi connectivity index (χ1) is 14.2. The second kappa shape index (κ2) is 8.78. The molecule has 1 saturated heterocycles. The van der Waals surface area contributed by atoms with Crippen molar-refractivity contribution in [1.82, 2.24) is 4.90 Å². The molecule has 0 radical (unpaired) electrons. The van der Waals surface area contributed by atoms with Gasteiger partial charge >= 0.3 is 6.18 Å². The molecule has 0 spiro atoms. The number of ether oxygens (including phenoxy) is 1. The number of amides is 2. The summed E-state index contributed by atoms with van der Waals surface area (Å²) in [6.07, 6.45) is -4.60. The number of rotatable bonds is 5. The van der Waals surface area contributed by atoms with Crippen molar-refractivity contribution in [2.24, 2.45) is 4.99 Å². The minimum atomic E-state index is -4.49. The van der Waals surface area contributed by atoms with Gasteiger partial charge in [-0.15, -0.1) is 0 Å². The molecule has 0 bridgehead atoms. The van der Waals surface area contributed by atoms with Gasteiger partial charge in [0.1, 0.15) is 11.0 Å². The topological polar surface area (TPSA) is 71.0 Å². The van der Waals surface area contributed by atoms with E-state index in [1.54, 1.807) is 24.3 Å². The SMILES string of the molecule is COc1ccccc1NC(=O)C[C@@H]1SC(=Nc2cccc(C(F)(F)F)c2)N(C)C1=O. The van der Waals surface area contributed by atoms with Crippen LogP contribution in [0.5, 0.6) is 5.75 Å². The fourth-order valence-corrected chi connectivity index (χ4v) is 3.93. The van der Waals surface area contributed by atoms with Crippen molar-refractivity contribution in [2.45, 2.75) is 17.8 Å². The average molecular weight is 437 g/mol. The maximum Gasteiger partial charge on any atom is 0.416 e. The Balaban J connectivity index is 1.71. The lowest BCUT2D eigenvalue weighted by Crippen LogP contribution is -2.30. The largest absolute Gasteiger partial charge is 0.495 e. The molecule has 10 heteroatoms. The summed E-state index contributed by atoms with van der Waals surface area (Å²) in [6.45, 7) is 0. The maximum absolute atomic E-state index is 12.9. The van der Waals surface area contributed by atoms with Crippen LogP contribution in [0.25, 0.3) is 0 Å². The van der Waals surface area contributed by atoms with Crippen LogP contribution >= 0.6 is 11.8 Å². The summed E-state index contributed by atoms with van der Waals surface area (Å²) >= 11 is 1.04. The normalized spacial score (nSPS) is 18.0. The summed E-state index contributed by atoms with van der Waals surface area (Å²) in [5.74, 6) is -0.250. The van der Waals surface area contributed by atoms with Gasteiger partial charge in [0.05, 0.1) is 24.0 Å². The third-order valence-electron chi connectivity index (χ3n) is 4.29. The van der Waals surface area contributed by atoms with Crippen LogP contribution in [0.2, 0.25) is 0 Å². The molecule has 158 valence electrons. The molecule has 3 rings (SSSR count). The highest BCUT2D eigenvalue weighted by Gasteiger charge is 2.37. The first kappa shape index (κ1) is 21.7. The monoisotopic (exact) mass is 437 g/mol. The van der Waals surface area contributed by atoms with Crippen molar-refractivity contribution in [3.63, 3.8) is 0 Å². The van der Waals surface area contributed by atoms with Gasteiger partial charge in [0.15, 0.2) is 5.17 Å². The standard InChI is InChI=1S/C20H18F3N3O3S/c1-26-18(28)16(11-17(27)25-14-8-3-4-9-15(14)29-2)30-19(26)24-13-7-5-6-12(10-13)20(21,22)23/h3-10,16H,11H2,1-2H3,(H,25,27)/t16-/m0/s1. The van der Waals surface area contributed by atoms with E-state index in [1.807, 2.05) is 0 Å². The third kappa shape index (κ3) is 4.93.